The first-order valence-corrected chi connectivity index (χ1v) is 11.5. The molecular weight excluding hydrogens is 432 g/mol. The average Bonchev–Trinajstić information content (AvgIpc) is 3.39. The molecule has 1 aliphatic rings. The van der Waals surface area contributed by atoms with E-state index in [2.05, 4.69) is 21.3 Å². The van der Waals surface area contributed by atoms with Gasteiger partial charge in [-0.05, 0) is 67.4 Å². The molecule has 1 aromatic heterocycles. The summed E-state index contributed by atoms with van der Waals surface area (Å²) in [5.74, 6) is -0.467. The maximum atomic E-state index is 12.4. The van der Waals surface area contributed by atoms with Crippen LogP contribution in [0.2, 0.25) is 0 Å². The summed E-state index contributed by atoms with van der Waals surface area (Å²) in [5, 5.41) is 11.7. The van der Waals surface area contributed by atoms with Crippen molar-refractivity contribution in [3.63, 3.8) is 0 Å². The number of carbonyl (C=O) groups is 3. The largest absolute Gasteiger partial charge is 0.459 e. The van der Waals surface area contributed by atoms with Crippen molar-refractivity contribution < 1.29 is 18.8 Å². The normalized spacial score (nSPS) is 13.6. The van der Waals surface area contributed by atoms with Crippen LogP contribution in [-0.4, -0.2) is 30.3 Å². The van der Waals surface area contributed by atoms with Crippen LogP contribution < -0.4 is 21.3 Å². The Labute approximate surface area is 198 Å². The van der Waals surface area contributed by atoms with Gasteiger partial charge in [-0.1, -0.05) is 25.3 Å². The van der Waals surface area contributed by atoms with E-state index in [1.165, 1.54) is 25.5 Å². The SMILES string of the molecule is O=C(CNc1ccc(C(=O)NC2CCCCC2)cc1)Nc1cccc(NC(=O)c2ccco2)c1. The van der Waals surface area contributed by atoms with Crippen LogP contribution in [0.25, 0.3) is 0 Å². The number of hydrogen-bond donors (Lipinski definition) is 4. The quantitative estimate of drug-likeness (QED) is 0.391. The van der Waals surface area contributed by atoms with Crippen LogP contribution in [0, 0.1) is 0 Å². The summed E-state index contributed by atoms with van der Waals surface area (Å²) in [5.41, 5.74) is 2.44. The van der Waals surface area contributed by atoms with Crippen LogP contribution in [0.15, 0.2) is 71.3 Å². The molecule has 2 aromatic carbocycles. The molecule has 1 saturated carbocycles. The van der Waals surface area contributed by atoms with Crippen molar-refractivity contribution in [1.29, 1.82) is 0 Å². The van der Waals surface area contributed by atoms with Gasteiger partial charge in [0.25, 0.3) is 11.8 Å². The number of rotatable bonds is 8. The Kier molecular flexibility index (Phi) is 7.60. The molecule has 3 aromatic rings. The standard InChI is InChI=1S/C26H28N4O4/c31-24(28-21-8-4-9-22(16-21)30-26(33)23-10-5-15-34-23)17-27-19-13-11-18(12-14-19)25(32)29-20-6-2-1-3-7-20/h4-5,8-16,20,27H,1-3,6-7,17H2,(H,28,31)(H,29,32)(H,30,33). The lowest BCUT2D eigenvalue weighted by Gasteiger charge is -2.22. The molecule has 0 unspecified atom stereocenters. The van der Waals surface area contributed by atoms with Crippen molar-refractivity contribution in [2.75, 3.05) is 22.5 Å². The molecule has 34 heavy (non-hydrogen) atoms. The van der Waals surface area contributed by atoms with E-state index in [1.54, 1.807) is 60.7 Å². The van der Waals surface area contributed by atoms with E-state index in [0.29, 0.717) is 16.9 Å². The van der Waals surface area contributed by atoms with Crippen molar-refractivity contribution in [2.45, 2.75) is 38.1 Å². The predicted molar refractivity (Wildman–Crippen MR) is 131 cm³/mol. The monoisotopic (exact) mass is 460 g/mol. The van der Waals surface area contributed by atoms with E-state index in [-0.39, 0.29) is 36.1 Å². The Morgan fingerprint density at radius 2 is 1.53 bits per heavy atom. The molecule has 1 fully saturated rings. The molecule has 0 saturated heterocycles. The van der Waals surface area contributed by atoms with Gasteiger partial charge in [-0.25, -0.2) is 0 Å². The lowest BCUT2D eigenvalue weighted by atomic mass is 9.95. The van der Waals surface area contributed by atoms with Crippen LogP contribution in [0.3, 0.4) is 0 Å². The summed E-state index contributed by atoms with van der Waals surface area (Å²) in [6.45, 7) is 0.0522. The summed E-state index contributed by atoms with van der Waals surface area (Å²) in [6.07, 6.45) is 7.09. The summed E-state index contributed by atoms with van der Waals surface area (Å²) in [7, 11) is 0. The third-order valence-corrected chi connectivity index (χ3v) is 5.69. The Balaban J connectivity index is 1.24. The van der Waals surface area contributed by atoms with E-state index in [4.69, 9.17) is 4.42 Å². The molecule has 0 spiro atoms. The van der Waals surface area contributed by atoms with Crippen LogP contribution >= 0.6 is 0 Å². The second kappa shape index (κ2) is 11.2. The molecule has 0 bridgehead atoms. The first-order valence-electron chi connectivity index (χ1n) is 11.5. The molecule has 4 rings (SSSR count). The van der Waals surface area contributed by atoms with Crippen molar-refractivity contribution in [3.05, 3.63) is 78.3 Å². The molecule has 0 atom stereocenters. The fourth-order valence-electron chi connectivity index (χ4n) is 3.92. The molecular formula is C26H28N4O4. The summed E-state index contributed by atoms with van der Waals surface area (Å²) < 4.78 is 5.08. The number of carbonyl (C=O) groups excluding carboxylic acids is 3. The van der Waals surface area contributed by atoms with Gasteiger partial charge in [0.2, 0.25) is 5.91 Å². The van der Waals surface area contributed by atoms with Gasteiger partial charge in [-0.2, -0.15) is 0 Å². The van der Waals surface area contributed by atoms with Crippen molar-refractivity contribution in [2.24, 2.45) is 0 Å². The van der Waals surface area contributed by atoms with Crippen molar-refractivity contribution in [3.8, 4) is 0 Å². The van der Waals surface area contributed by atoms with E-state index in [1.807, 2.05) is 0 Å². The van der Waals surface area contributed by atoms with Crippen LogP contribution in [0.1, 0.15) is 53.0 Å². The van der Waals surface area contributed by atoms with Gasteiger partial charge in [-0.15, -0.1) is 0 Å². The average molecular weight is 461 g/mol. The number of hydrogen-bond acceptors (Lipinski definition) is 5. The van der Waals surface area contributed by atoms with E-state index < -0.39 is 0 Å². The number of nitrogens with one attached hydrogen (secondary N) is 4. The zero-order valence-corrected chi connectivity index (χ0v) is 18.8. The molecule has 1 aliphatic carbocycles. The predicted octanol–water partition coefficient (Wildman–Crippen LogP) is 4.65. The molecule has 3 amide bonds. The number of anilines is 3. The first-order chi connectivity index (χ1) is 16.6. The molecule has 8 heteroatoms. The van der Waals surface area contributed by atoms with Gasteiger partial charge in [-0.3, -0.25) is 14.4 Å². The highest BCUT2D eigenvalue weighted by Crippen LogP contribution is 2.19. The first kappa shape index (κ1) is 23.1. The highest BCUT2D eigenvalue weighted by atomic mass is 16.3. The molecule has 4 N–H and O–H groups in total. The van der Waals surface area contributed by atoms with Crippen LogP contribution in [0.4, 0.5) is 17.1 Å². The van der Waals surface area contributed by atoms with Gasteiger partial charge >= 0.3 is 0 Å². The van der Waals surface area contributed by atoms with Gasteiger partial charge in [0, 0.05) is 28.7 Å². The topological polar surface area (TPSA) is 112 Å². The molecule has 0 aliphatic heterocycles. The zero-order chi connectivity index (χ0) is 23.8. The van der Waals surface area contributed by atoms with Gasteiger partial charge in [0.05, 0.1) is 12.8 Å². The molecule has 1 heterocycles. The molecule has 0 radical (unpaired) electrons. The highest BCUT2D eigenvalue weighted by molar-refractivity contribution is 6.03. The van der Waals surface area contributed by atoms with Crippen molar-refractivity contribution in [1.82, 2.24) is 5.32 Å². The second-order valence-electron chi connectivity index (χ2n) is 8.30. The van der Waals surface area contributed by atoms with Gasteiger partial charge < -0.3 is 25.7 Å². The summed E-state index contributed by atoms with van der Waals surface area (Å²) in [4.78, 5) is 36.9. The highest BCUT2D eigenvalue weighted by Gasteiger charge is 2.16. The summed E-state index contributed by atoms with van der Waals surface area (Å²) in [6, 6.07) is 17.4. The minimum atomic E-state index is -0.369. The lowest BCUT2D eigenvalue weighted by Crippen LogP contribution is -2.36. The maximum absolute atomic E-state index is 12.4. The zero-order valence-electron chi connectivity index (χ0n) is 18.8. The maximum Gasteiger partial charge on any atom is 0.291 e. The second-order valence-corrected chi connectivity index (χ2v) is 8.30. The number of amides is 3. The third kappa shape index (κ3) is 6.48. The Bertz CT molecular complexity index is 1120. The fourth-order valence-corrected chi connectivity index (χ4v) is 3.92. The van der Waals surface area contributed by atoms with E-state index >= 15 is 0 Å². The third-order valence-electron chi connectivity index (χ3n) is 5.69. The fraction of sp³-hybridized carbons (Fsp3) is 0.269. The molecule has 176 valence electrons. The number of furan rings is 1. The Morgan fingerprint density at radius 3 is 2.24 bits per heavy atom. The molecule has 8 nitrogen and oxygen atoms in total. The minimum Gasteiger partial charge on any atom is -0.459 e. The van der Waals surface area contributed by atoms with Gasteiger partial charge in [0.15, 0.2) is 5.76 Å². The van der Waals surface area contributed by atoms with Crippen LogP contribution in [-0.2, 0) is 4.79 Å². The Hall–Kier alpha value is -4.07. The lowest BCUT2D eigenvalue weighted by molar-refractivity contribution is -0.114. The van der Waals surface area contributed by atoms with Crippen LogP contribution in [0.5, 0.6) is 0 Å². The number of benzene rings is 2. The van der Waals surface area contributed by atoms with E-state index in [9.17, 15) is 14.4 Å². The Morgan fingerprint density at radius 1 is 0.794 bits per heavy atom. The smallest absolute Gasteiger partial charge is 0.291 e. The van der Waals surface area contributed by atoms with E-state index in [0.717, 1.165) is 18.5 Å². The summed E-state index contributed by atoms with van der Waals surface area (Å²) >= 11 is 0. The minimum absolute atomic E-state index is 0.0522. The van der Waals surface area contributed by atoms with Gasteiger partial charge in [0.1, 0.15) is 0 Å². The van der Waals surface area contributed by atoms with Crippen molar-refractivity contribution >= 4 is 34.8 Å².